The Labute approximate surface area is 145 Å². The molecule has 0 aromatic carbocycles. The van der Waals surface area contributed by atoms with Crippen LogP contribution in [0.5, 0.6) is 0 Å². The molecule has 1 saturated heterocycles. The molecule has 1 fully saturated rings. The number of alkyl carbamates (subject to hydrolysis) is 1. The standard InChI is InChI=1S/C16H23FN4O4/c1-10-7-11(19-15(22)25-16(2,3)4)9-20(8-10)12-5-6-18-14(17)13(12)21(23)24/h5-6,10-11H,7-9H2,1-4H3,(H,19,22)/t10-,11+/m1/s1. The van der Waals surface area contributed by atoms with Crippen molar-refractivity contribution in [2.75, 3.05) is 18.0 Å². The summed E-state index contributed by atoms with van der Waals surface area (Å²) >= 11 is 0. The summed E-state index contributed by atoms with van der Waals surface area (Å²) in [6, 6.07) is 1.17. The number of hydrogen-bond donors (Lipinski definition) is 1. The van der Waals surface area contributed by atoms with Crippen LogP contribution in [0.1, 0.15) is 34.1 Å². The maximum atomic E-state index is 13.8. The average molecular weight is 354 g/mol. The molecule has 0 bridgehead atoms. The molecule has 0 unspecified atom stereocenters. The number of nitrogens with one attached hydrogen (secondary N) is 1. The van der Waals surface area contributed by atoms with E-state index in [-0.39, 0.29) is 17.6 Å². The number of anilines is 1. The summed E-state index contributed by atoms with van der Waals surface area (Å²) in [6.45, 7) is 8.13. The fourth-order valence-corrected chi connectivity index (χ4v) is 2.97. The highest BCUT2D eigenvalue weighted by Gasteiger charge is 2.32. The number of halogens is 1. The van der Waals surface area contributed by atoms with Gasteiger partial charge in [0.25, 0.3) is 5.95 Å². The lowest BCUT2D eigenvalue weighted by molar-refractivity contribution is -0.387. The number of carbonyl (C=O) groups is 1. The van der Waals surface area contributed by atoms with Crippen molar-refractivity contribution in [3.63, 3.8) is 0 Å². The predicted octanol–water partition coefficient (Wildman–Crippen LogP) is 2.87. The van der Waals surface area contributed by atoms with Crippen molar-refractivity contribution >= 4 is 17.5 Å². The van der Waals surface area contributed by atoms with Crippen LogP contribution in [0.4, 0.5) is 20.6 Å². The SMILES string of the molecule is C[C@@H]1C[C@H](NC(=O)OC(C)(C)C)CN(c2ccnc(F)c2[N+](=O)[O-])C1. The summed E-state index contributed by atoms with van der Waals surface area (Å²) in [4.78, 5) is 27.5. The maximum Gasteiger partial charge on any atom is 0.407 e. The van der Waals surface area contributed by atoms with E-state index in [2.05, 4.69) is 10.3 Å². The van der Waals surface area contributed by atoms with Crippen molar-refractivity contribution in [3.05, 3.63) is 28.3 Å². The Morgan fingerprint density at radius 2 is 2.16 bits per heavy atom. The summed E-state index contributed by atoms with van der Waals surface area (Å²) in [5.74, 6) is -0.957. The van der Waals surface area contributed by atoms with Gasteiger partial charge in [0.1, 0.15) is 11.3 Å². The van der Waals surface area contributed by atoms with Gasteiger partial charge in [0.05, 0.1) is 4.92 Å². The van der Waals surface area contributed by atoms with E-state index in [0.29, 0.717) is 19.5 Å². The Bertz CT molecular complexity index is 662. The molecule has 1 aliphatic heterocycles. The van der Waals surface area contributed by atoms with Crippen molar-refractivity contribution in [1.82, 2.24) is 10.3 Å². The minimum Gasteiger partial charge on any atom is -0.444 e. The Hall–Kier alpha value is -2.45. The lowest BCUT2D eigenvalue weighted by Crippen LogP contribution is -2.51. The summed E-state index contributed by atoms with van der Waals surface area (Å²) in [5.41, 5.74) is -1.09. The summed E-state index contributed by atoms with van der Waals surface area (Å²) in [7, 11) is 0. The highest BCUT2D eigenvalue weighted by Crippen LogP contribution is 2.32. The molecule has 138 valence electrons. The first kappa shape index (κ1) is 18.9. The monoisotopic (exact) mass is 354 g/mol. The quantitative estimate of drug-likeness (QED) is 0.509. The van der Waals surface area contributed by atoms with Crippen LogP contribution in [0.3, 0.4) is 0 Å². The van der Waals surface area contributed by atoms with Gasteiger partial charge < -0.3 is 15.0 Å². The molecular formula is C16H23FN4O4. The van der Waals surface area contributed by atoms with Crippen molar-refractivity contribution in [3.8, 4) is 0 Å². The van der Waals surface area contributed by atoms with E-state index in [9.17, 15) is 19.3 Å². The second-order valence-corrected chi connectivity index (χ2v) is 7.32. The van der Waals surface area contributed by atoms with Gasteiger partial charge in [-0.2, -0.15) is 4.39 Å². The third-order valence-electron chi connectivity index (χ3n) is 3.76. The van der Waals surface area contributed by atoms with Crippen LogP contribution >= 0.6 is 0 Å². The molecule has 0 saturated carbocycles. The van der Waals surface area contributed by atoms with Crippen LogP contribution in [-0.4, -0.2) is 40.7 Å². The van der Waals surface area contributed by atoms with Gasteiger partial charge in [-0.1, -0.05) is 6.92 Å². The van der Waals surface area contributed by atoms with Gasteiger partial charge in [-0.05, 0) is 39.2 Å². The number of nitrogens with zero attached hydrogens (tertiary/aromatic N) is 3. The first-order valence-electron chi connectivity index (χ1n) is 8.10. The zero-order valence-corrected chi connectivity index (χ0v) is 14.8. The first-order chi connectivity index (χ1) is 11.6. The number of amides is 1. The molecule has 0 spiro atoms. The Morgan fingerprint density at radius 3 is 2.76 bits per heavy atom. The predicted molar refractivity (Wildman–Crippen MR) is 90.0 cm³/mol. The van der Waals surface area contributed by atoms with Gasteiger partial charge in [0.15, 0.2) is 0 Å². The molecule has 0 radical (unpaired) electrons. The van der Waals surface area contributed by atoms with E-state index >= 15 is 0 Å². The highest BCUT2D eigenvalue weighted by molar-refractivity contribution is 5.68. The number of pyridine rings is 1. The number of ether oxygens (including phenoxy) is 1. The minimum atomic E-state index is -1.11. The molecule has 2 heterocycles. The topological polar surface area (TPSA) is 97.6 Å². The van der Waals surface area contributed by atoms with E-state index in [1.54, 1.807) is 25.7 Å². The van der Waals surface area contributed by atoms with E-state index < -0.39 is 28.3 Å². The van der Waals surface area contributed by atoms with E-state index in [4.69, 9.17) is 4.74 Å². The molecule has 25 heavy (non-hydrogen) atoms. The summed E-state index contributed by atoms with van der Waals surface area (Å²) in [6.07, 6.45) is 1.37. The fraction of sp³-hybridized carbons (Fsp3) is 0.625. The number of hydrogen-bond acceptors (Lipinski definition) is 6. The van der Waals surface area contributed by atoms with Crippen molar-refractivity contribution in [2.45, 2.75) is 45.8 Å². The van der Waals surface area contributed by atoms with E-state index in [1.165, 1.54) is 12.3 Å². The van der Waals surface area contributed by atoms with Gasteiger partial charge in [-0.25, -0.2) is 9.78 Å². The molecule has 1 amide bonds. The Kier molecular flexibility index (Phi) is 5.44. The van der Waals surface area contributed by atoms with Crippen molar-refractivity contribution in [2.24, 2.45) is 5.92 Å². The van der Waals surface area contributed by atoms with Crippen molar-refractivity contribution in [1.29, 1.82) is 0 Å². The molecule has 8 nitrogen and oxygen atoms in total. The molecule has 1 aromatic heterocycles. The smallest absolute Gasteiger partial charge is 0.407 e. The minimum absolute atomic E-state index is 0.157. The number of carbonyl (C=O) groups excluding carboxylic acids is 1. The molecule has 1 N–H and O–H groups in total. The summed E-state index contributed by atoms with van der Waals surface area (Å²) < 4.78 is 19.0. The van der Waals surface area contributed by atoms with Gasteiger partial charge in [0, 0.05) is 25.3 Å². The lowest BCUT2D eigenvalue weighted by Gasteiger charge is -2.38. The maximum absolute atomic E-state index is 13.8. The van der Waals surface area contributed by atoms with Gasteiger partial charge >= 0.3 is 11.8 Å². The number of nitro groups is 1. The molecule has 9 heteroatoms. The number of rotatable bonds is 3. The van der Waals surface area contributed by atoms with Crippen LogP contribution < -0.4 is 10.2 Å². The number of piperidine rings is 1. The third-order valence-corrected chi connectivity index (χ3v) is 3.76. The molecule has 1 aromatic rings. The zero-order valence-electron chi connectivity index (χ0n) is 14.8. The second kappa shape index (κ2) is 7.20. The van der Waals surface area contributed by atoms with Crippen LogP contribution in [-0.2, 0) is 4.74 Å². The lowest BCUT2D eigenvalue weighted by atomic mass is 9.95. The average Bonchev–Trinajstić information content (AvgIpc) is 2.43. The fourth-order valence-electron chi connectivity index (χ4n) is 2.97. The molecule has 0 aliphatic carbocycles. The van der Waals surface area contributed by atoms with Gasteiger partial charge in [0.2, 0.25) is 0 Å². The van der Waals surface area contributed by atoms with Crippen LogP contribution in [0.2, 0.25) is 0 Å². The van der Waals surface area contributed by atoms with E-state index in [0.717, 1.165) is 0 Å². The summed E-state index contributed by atoms with van der Waals surface area (Å²) in [5, 5.41) is 14.0. The van der Waals surface area contributed by atoms with Gasteiger partial charge in [-0.15, -0.1) is 0 Å². The third kappa shape index (κ3) is 5.01. The number of aromatic nitrogens is 1. The van der Waals surface area contributed by atoms with E-state index in [1.807, 2.05) is 6.92 Å². The molecule has 1 aliphatic rings. The van der Waals surface area contributed by atoms with Gasteiger partial charge in [-0.3, -0.25) is 10.1 Å². The normalized spacial score (nSPS) is 20.9. The van der Waals surface area contributed by atoms with Crippen LogP contribution in [0, 0.1) is 22.0 Å². The Morgan fingerprint density at radius 1 is 1.48 bits per heavy atom. The van der Waals surface area contributed by atoms with Crippen molar-refractivity contribution < 1.29 is 18.8 Å². The molecular weight excluding hydrogens is 331 g/mol. The largest absolute Gasteiger partial charge is 0.444 e. The highest BCUT2D eigenvalue weighted by atomic mass is 19.1. The second-order valence-electron chi connectivity index (χ2n) is 7.32. The zero-order chi connectivity index (χ0) is 18.8. The molecule has 2 rings (SSSR count). The van der Waals surface area contributed by atoms with Crippen LogP contribution in [0.25, 0.3) is 0 Å². The van der Waals surface area contributed by atoms with Crippen LogP contribution in [0.15, 0.2) is 12.3 Å². The molecule has 2 atom stereocenters. The first-order valence-corrected chi connectivity index (χ1v) is 8.10. The Balaban J connectivity index is 2.17.